The van der Waals surface area contributed by atoms with Gasteiger partial charge in [0.1, 0.15) is 21.7 Å². The zero-order valence-corrected chi connectivity index (χ0v) is 14.3. The van der Waals surface area contributed by atoms with E-state index in [0.29, 0.717) is 33.4 Å². The Bertz CT molecular complexity index is 820. The van der Waals surface area contributed by atoms with Crippen LogP contribution in [-0.2, 0) is 4.74 Å². The van der Waals surface area contributed by atoms with Crippen LogP contribution in [-0.4, -0.2) is 25.6 Å². The highest BCUT2D eigenvalue weighted by molar-refractivity contribution is 7.18. The molecule has 0 aliphatic heterocycles. The van der Waals surface area contributed by atoms with E-state index in [2.05, 4.69) is 5.32 Å². The number of ether oxygens (including phenoxy) is 2. The Hall–Kier alpha value is -2.85. The molecule has 24 heavy (non-hydrogen) atoms. The van der Waals surface area contributed by atoms with Crippen LogP contribution in [0.1, 0.15) is 38.1 Å². The average Bonchev–Trinajstić information content (AvgIpc) is 2.90. The number of hydrogen-bond donors (Lipinski definition) is 1. The van der Waals surface area contributed by atoms with Crippen molar-refractivity contribution in [3.8, 4) is 11.8 Å². The molecular weight excluding hydrogens is 328 g/mol. The van der Waals surface area contributed by atoms with Gasteiger partial charge in [-0.2, -0.15) is 5.26 Å². The van der Waals surface area contributed by atoms with Crippen molar-refractivity contribution >= 4 is 28.2 Å². The quantitative estimate of drug-likeness (QED) is 0.840. The number of nitriles is 1. The van der Waals surface area contributed by atoms with Crippen LogP contribution in [0.4, 0.5) is 5.00 Å². The Morgan fingerprint density at radius 1 is 1.38 bits per heavy atom. The SMILES string of the molecule is CCOc1cccc(C(=O)Nc2sc(C(=O)OC)c(C)c2C#N)c1. The minimum Gasteiger partial charge on any atom is -0.494 e. The molecule has 0 fully saturated rings. The van der Waals surface area contributed by atoms with Gasteiger partial charge < -0.3 is 14.8 Å². The summed E-state index contributed by atoms with van der Waals surface area (Å²) in [5, 5.41) is 12.3. The highest BCUT2D eigenvalue weighted by Gasteiger charge is 2.22. The van der Waals surface area contributed by atoms with Crippen LogP contribution >= 0.6 is 11.3 Å². The van der Waals surface area contributed by atoms with Crippen LogP contribution in [0.5, 0.6) is 5.75 Å². The zero-order valence-electron chi connectivity index (χ0n) is 13.5. The van der Waals surface area contributed by atoms with E-state index in [9.17, 15) is 14.9 Å². The predicted octanol–water partition coefficient (Wildman–Crippen LogP) is 3.37. The summed E-state index contributed by atoms with van der Waals surface area (Å²) >= 11 is 1.02. The lowest BCUT2D eigenvalue weighted by molar-refractivity contribution is 0.0605. The molecule has 2 rings (SSSR count). The maximum absolute atomic E-state index is 12.4. The van der Waals surface area contributed by atoms with Crippen LogP contribution in [0.25, 0.3) is 0 Å². The standard InChI is InChI=1S/C17H16N2O4S/c1-4-23-12-7-5-6-11(8-12)15(20)19-16-13(9-18)10(2)14(24-16)17(21)22-3/h5-8H,4H2,1-3H3,(H,19,20). The lowest BCUT2D eigenvalue weighted by atomic mass is 10.1. The summed E-state index contributed by atoms with van der Waals surface area (Å²) < 4.78 is 10.1. The molecule has 0 saturated carbocycles. The molecule has 0 atom stereocenters. The van der Waals surface area contributed by atoms with E-state index >= 15 is 0 Å². The fraction of sp³-hybridized carbons (Fsp3) is 0.235. The van der Waals surface area contributed by atoms with Crippen LogP contribution in [0, 0.1) is 18.3 Å². The molecule has 6 nitrogen and oxygen atoms in total. The van der Waals surface area contributed by atoms with Gasteiger partial charge >= 0.3 is 5.97 Å². The van der Waals surface area contributed by atoms with Gasteiger partial charge in [0.05, 0.1) is 19.3 Å². The Balaban J connectivity index is 2.31. The van der Waals surface area contributed by atoms with E-state index in [-0.39, 0.29) is 11.5 Å². The number of amides is 1. The Labute approximate surface area is 143 Å². The van der Waals surface area contributed by atoms with Crippen molar-refractivity contribution in [1.82, 2.24) is 0 Å². The van der Waals surface area contributed by atoms with Gasteiger partial charge in [-0.1, -0.05) is 6.07 Å². The van der Waals surface area contributed by atoms with Crippen molar-refractivity contribution in [2.75, 3.05) is 19.0 Å². The van der Waals surface area contributed by atoms with Crippen LogP contribution in [0.15, 0.2) is 24.3 Å². The highest BCUT2D eigenvalue weighted by Crippen LogP contribution is 2.33. The first-order valence-corrected chi connectivity index (χ1v) is 7.99. The van der Waals surface area contributed by atoms with Gasteiger partial charge in [-0.15, -0.1) is 11.3 Å². The molecule has 124 valence electrons. The summed E-state index contributed by atoms with van der Waals surface area (Å²) in [6.45, 7) is 4.00. The Morgan fingerprint density at radius 2 is 2.12 bits per heavy atom. The highest BCUT2D eigenvalue weighted by atomic mass is 32.1. The van der Waals surface area contributed by atoms with Crippen LogP contribution in [0.3, 0.4) is 0 Å². The second-order valence-electron chi connectivity index (χ2n) is 4.78. The number of nitrogens with zero attached hydrogens (tertiary/aromatic N) is 1. The molecule has 1 heterocycles. The number of anilines is 1. The summed E-state index contributed by atoms with van der Waals surface area (Å²) in [5.74, 6) is -0.332. The summed E-state index contributed by atoms with van der Waals surface area (Å²) in [7, 11) is 1.27. The smallest absolute Gasteiger partial charge is 0.348 e. The number of hydrogen-bond acceptors (Lipinski definition) is 6. The summed E-state index contributed by atoms with van der Waals surface area (Å²) in [5.41, 5.74) is 1.15. The van der Waals surface area contributed by atoms with Gasteiger partial charge in [0, 0.05) is 5.56 Å². The molecule has 0 aliphatic carbocycles. The predicted molar refractivity (Wildman–Crippen MR) is 90.7 cm³/mol. The van der Waals surface area contributed by atoms with Crippen molar-refractivity contribution in [3.05, 3.63) is 45.8 Å². The van der Waals surface area contributed by atoms with Crippen LogP contribution < -0.4 is 10.1 Å². The number of carbonyl (C=O) groups excluding carboxylic acids is 2. The summed E-state index contributed by atoms with van der Waals surface area (Å²) in [6.07, 6.45) is 0. The van der Waals surface area contributed by atoms with Gasteiger partial charge in [0.15, 0.2) is 0 Å². The van der Waals surface area contributed by atoms with E-state index in [1.165, 1.54) is 7.11 Å². The molecule has 1 aromatic heterocycles. The van der Waals surface area contributed by atoms with Gasteiger partial charge in [0.2, 0.25) is 0 Å². The number of thiophene rings is 1. The third kappa shape index (κ3) is 3.55. The first-order valence-electron chi connectivity index (χ1n) is 7.17. The monoisotopic (exact) mass is 344 g/mol. The summed E-state index contributed by atoms with van der Waals surface area (Å²) in [6, 6.07) is 8.75. The van der Waals surface area contributed by atoms with E-state index in [1.54, 1.807) is 31.2 Å². The second kappa shape index (κ2) is 7.62. The van der Waals surface area contributed by atoms with Gasteiger partial charge in [-0.05, 0) is 37.6 Å². The van der Waals surface area contributed by atoms with Crippen molar-refractivity contribution in [2.24, 2.45) is 0 Å². The van der Waals surface area contributed by atoms with E-state index < -0.39 is 5.97 Å². The Kier molecular flexibility index (Phi) is 5.55. The molecule has 0 radical (unpaired) electrons. The maximum Gasteiger partial charge on any atom is 0.348 e. The van der Waals surface area contributed by atoms with E-state index in [4.69, 9.17) is 9.47 Å². The Morgan fingerprint density at radius 3 is 2.75 bits per heavy atom. The fourth-order valence-corrected chi connectivity index (χ4v) is 3.16. The average molecular weight is 344 g/mol. The minimum absolute atomic E-state index is 0.259. The van der Waals surface area contributed by atoms with Gasteiger partial charge in [0.25, 0.3) is 5.91 Å². The topological polar surface area (TPSA) is 88.4 Å². The maximum atomic E-state index is 12.4. The molecule has 2 aromatic rings. The second-order valence-corrected chi connectivity index (χ2v) is 5.80. The third-order valence-electron chi connectivity index (χ3n) is 3.26. The van der Waals surface area contributed by atoms with Gasteiger partial charge in [-0.25, -0.2) is 4.79 Å². The fourth-order valence-electron chi connectivity index (χ4n) is 2.09. The molecule has 0 saturated heterocycles. The van der Waals surface area contributed by atoms with Crippen molar-refractivity contribution in [3.63, 3.8) is 0 Å². The summed E-state index contributed by atoms with van der Waals surface area (Å²) in [4.78, 5) is 24.4. The number of rotatable bonds is 5. The van der Waals surface area contributed by atoms with Crippen molar-refractivity contribution in [1.29, 1.82) is 5.26 Å². The van der Waals surface area contributed by atoms with E-state index in [1.807, 2.05) is 13.0 Å². The minimum atomic E-state index is -0.534. The zero-order chi connectivity index (χ0) is 17.7. The van der Waals surface area contributed by atoms with Crippen molar-refractivity contribution in [2.45, 2.75) is 13.8 Å². The number of carbonyl (C=O) groups is 2. The van der Waals surface area contributed by atoms with Crippen molar-refractivity contribution < 1.29 is 19.1 Å². The number of benzene rings is 1. The molecule has 1 amide bonds. The molecule has 0 aliphatic rings. The molecule has 0 bridgehead atoms. The first-order chi connectivity index (χ1) is 11.5. The lowest BCUT2D eigenvalue weighted by Crippen LogP contribution is -2.11. The molecule has 7 heteroatoms. The third-order valence-corrected chi connectivity index (χ3v) is 4.45. The number of esters is 1. The molecule has 1 N–H and O–H groups in total. The van der Waals surface area contributed by atoms with Crippen LogP contribution in [0.2, 0.25) is 0 Å². The number of methoxy groups -OCH3 is 1. The van der Waals surface area contributed by atoms with Gasteiger partial charge in [-0.3, -0.25) is 4.79 Å². The molecule has 0 spiro atoms. The van der Waals surface area contributed by atoms with E-state index in [0.717, 1.165) is 11.3 Å². The normalized spacial score (nSPS) is 9.92. The lowest BCUT2D eigenvalue weighted by Gasteiger charge is -2.06. The largest absolute Gasteiger partial charge is 0.494 e. The molecular formula is C17H16N2O4S. The molecule has 1 aromatic carbocycles. The first kappa shape index (κ1) is 17.5. The molecule has 0 unspecified atom stereocenters. The number of nitrogens with one attached hydrogen (secondary N) is 1.